The van der Waals surface area contributed by atoms with Gasteiger partial charge in [-0.3, -0.25) is 9.47 Å². The van der Waals surface area contributed by atoms with Crippen LogP contribution >= 0.6 is 0 Å². The SMILES string of the molecule is COc1cccc2c1[nH]c(=O)n2CCN1CCOCC1. The Bertz CT molecular complexity index is 641. The van der Waals surface area contributed by atoms with Crippen molar-refractivity contribution in [3.63, 3.8) is 0 Å². The van der Waals surface area contributed by atoms with Crippen molar-refractivity contribution < 1.29 is 9.47 Å². The van der Waals surface area contributed by atoms with Crippen molar-refractivity contribution >= 4 is 11.0 Å². The van der Waals surface area contributed by atoms with Crippen molar-refractivity contribution in [1.82, 2.24) is 14.5 Å². The first-order valence-electron chi connectivity index (χ1n) is 6.85. The summed E-state index contributed by atoms with van der Waals surface area (Å²) in [5.41, 5.74) is 1.57. The van der Waals surface area contributed by atoms with Crippen LogP contribution in [-0.2, 0) is 11.3 Å². The van der Waals surface area contributed by atoms with Crippen LogP contribution in [0, 0.1) is 0 Å². The zero-order chi connectivity index (χ0) is 13.9. The first kappa shape index (κ1) is 13.2. The van der Waals surface area contributed by atoms with Gasteiger partial charge in [-0.25, -0.2) is 4.79 Å². The van der Waals surface area contributed by atoms with Gasteiger partial charge < -0.3 is 14.5 Å². The third-order valence-electron chi connectivity index (χ3n) is 3.74. The molecule has 1 aromatic carbocycles. The van der Waals surface area contributed by atoms with Gasteiger partial charge in [0.05, 0.1) is 25.8 Å². The van der Waals surface area contributed by atoms with Crippen molar-refractivity contribution in [3.05, 3.63) is 28.7 Å². The number of ether oxygens (including phenoxy) is 2. The van der Waals surface area contributed by atoms with Gasteiger partial charge in [-0.1, -0.05) is 6.07 Å². The molecule has 0 bridgehead atoms. The lowest BCUT2D eigenvalue weighted by Crippen LogP contribution is -2.39. The van der Waals surface area contributed by atoms with Gasteiger partial charge >= 0.3 is 5.69 Å². The maximum atomic E-state index is 12.1. The van der Waals surface area contributed by atoms with E-state index in [-0.39, 0.29) is 5.69 Å². The minimum atomic E-state index is -0.0854. The van der Waals surface area contributed by atoms with Crippen LogP contribution in [-0.4, -0.2) is 54.4 Å². The molecule has 108 valence electrons. The molecule has 6 nitrogen and oxygen atoms in total. The highest BCUT2D eigenvalue weighted by atomic mass is 16.5. The number of nitrogens with one attached hydrogen (secondary N) is 1. The van der Waals surface area contributed by atoms with Crippen LogP contribution in [0.3, 0.4) is 0 Å². The Morgan fingerprint density at radius 2 is 2.10 bits per heavy atom. The van der Waals surface area contributed by atoms with Crippen LogP contribution in [0.25, 0.3) is 11.0 Å². The number of para-hydroxylation sites is 1. The molecule has 3 rings (SSSR count). The highest BCUT2D eigenvalue weighted by Crippen LogP contribution is 2.22. The summed E-state index contributed by atoms with van der Waals surface area (Å²) in [4.78, 5) is 17.3. The number of hydrogen-bond donors (Lipinski definition) is 1. The molecule has 1 aliphatic heterocycles. The zero-order valence-electron chi connectivity index (χ0n) is 11.6. The first-order valence-corrected chi connectivity index (χ1v) is 6.85. The molecule has 0 unspecified atom stereocenters. The molecule has 0 saturated carbocycles. The lowest BCUT2D eigenvalue weighted by molar-refractivity contribution is 0.0364. The van der Waals surface area contributed by atoms with Crippen molar-refractivity contribution in [2.75, 3.05) is 40.0 Å². The number of aromatic nitrogens is 2. The quantitative estimate of drug-likeness (QED) is 0.892. The number of aromatic amines is 1. The molecular formula is C14H19N3O3. The number of fused-ring (bicyclic) bond motifs is 1. The summed E-state index contributed by atoms with van der Waals surface area (Å²) in [6, 6.07) is 5.69. The van der Waals surface area contributed by atoms with Crippen molar-refractivity contribution in [3.8, 4) is 5.75 Å². The van der Waals surface area contributed by atoms with Crippen LogP contribution in [0.5, 0.6) is 5.75 Å². The summed E-state index contributed by atoms with van der Waals surface area (Å²) in [5.74, 6) is 0.699. The van der Waals surface area contributed by atoms with E-state index in [9.17, 15) is 4.79 Å². The Kier molecular flexibility index (Phi) is 3.75. The fourth-order valence-electron chi connectivity index (χ4n) is 2.61. The second kappa shape index (κ2) is 5.68. The Labute approximate surface area is 116 Å². The molecule has 0 atom stereocenters. The Hall–Kier alpha value is -1.79. The molecule has 0 radical (unpaired) electrons. The van der Waals surface area contributed by atoms with E-state index in [4.69, 9.17) is 9.47 Å². The summed E-state index contributed by atoms with van der Waals surface area (Å²) in [6.45, 7) is 4.94. The normalized spacial score (nSPS) is 16.6. The van der Waals surface area contributed by atoms with Gasteiger partial charge in [0, 0.05) is 26.2 Å². The minimum Gasteiger partial charge on any atom is -0.494 e. The number of methoxy groups -OCH3 is 1. The van der Waals surface area contributed by atoms with E-state index in [1.807, 2.05) is 18.2 Å². The summed E-state index contributed by atoms with van der Waals surface area (Å²) in [6.07, 6.45) is 0. The number of morpholine rings is 1. The maximum absolute atomic E-state index is 12.1. The van der Waals surface area contributed by atoms with Gasteiger partial charge in [0.1, 0.15) is 11.3 Å². The monoisotopic (exact) mass is 277 g/mol. The summed E-state index contributed by atoms with van der Waals surface area (Å²) >= 11 is 0. The molecule has 0 spiro atoms. The molecule has 20 heavy (non-hydrogen) atoms. The predicted octanol–water partition coefficient (Wildman–Crippen LogP) is 0.670. The smallest absolute Gasteiger partial charge is 0.326 e. The Morgan fingerprint density at radius 1 is 1.30 bits per heavy atom. The molecule has 1 aliphatic rings. The standard InChI is InChI=1S/C14H19N3O3/c1-19-12-4-2-3-11-13(12)15-14(18)17(11)6-5-16-7-9-20-10-8-16/h2-4H,5-10H2,1H3,(H,15,18). The Balaban J connectivity index is 1.84. The molecule has 6 heteroatoms. The third kappa shape index (κ3) is 2.44. The van der Waals surface area contributed by atoms with Gasteiger partial charge in [0.2, 0.25) is 0 Å². The maximum Gasteiger partial charge on any atom is 0.326 e. The lowest BCUT2D eigenvalue weighted by atomic mass is 10.3. The second-order valence-electron chi connectivity index (χ2n) is 4.89. The highest BCUT2D eigenvalue weighted by molar-refractivity contribution is 5.81. The molecule has 0 aliphatic carbocycles. The van der Waals surface area contributed by atoms with Crippen LogP contribution in [0.1, 0.15) is 0 Å². The van der Waals surface area contributed by atoms with E-state index in [0.29, 0.717) is 12.3 Å². The van der Waals surface area contributed by atoms with Gasteiger partial charge in [-0.05, 0) is 12.1 Å². The number of H-pyrrole nitrogens is 1. The van der Waals surface area contributed by atoms with Crippen molar-refractivity contribution in [2.24, 2.45) is 0 Å². The van der Waals surface area contributed by atoms with Crippen LogP contribution in [0.15, 0.2) is 23.0 Å². The zero-order valence-corrected chi connectivity index (χ0v) is 11.6. The number of benzene rings is 1. The van der Waals surface area contributed by atoms with Crippen LogP contribution < -0.4 is 10.4 Å². The van der Waals surface area contributed by atoms with E-state index in [1.165, 1.54) is 0 Å². The topological polar surface area (TPSA) is 59.5 Å². The van der Waals surface area contributed by atoms with E-state index in [2.05, 4.69) is 9.88 Å². The summed E-state index contributed by atoms with van der Waals surface area (Å²) in [5, 5.41) is 0. The molecule has 1 saturated heterocycles. The summed E-state index contributed by atoms with van der Waals surface area (Å²) in [7, 11) is 1.61. The largest absolute Gasteiger partial charge is 0.494 e. The Morgan fingerprint density at radius 3 is 2.85 bits per heavy atom. The van der Waals surface area contributed by atoms with E-state index in [0.717, 1.165) is 43.9 Å². The van der Waals surface area contributed by atoms with Gasteiger partial charge in [0.25, 0.3) is 0 Å². The molecule has 2 heterocycles. The van der Waals surface area contributed by atoms with E-state index < -0.39 is 0 Å². The van der Waals surface area contributed by atoms with Crippen molar-refractivity contribution in [1.29, 1.82) is 0 Å². The number of rotatable bonds is 4. The highest BCUT2D eigenvalue weighted by Gasteiger charge is 2.13. The fraction of sp³-hybridized carbons (Fsp3) is 0.500. The fourth-order valence-corrected chi connectivity index (χ4v) is 2.61. The second-order valence-corrected chi connectivity index (χ2v) is 4.89. The number of imidazole rings is 1. The van der Waals surface area contributed by atoms with Crippen molar-refractivity contribution in [2.45, 2.75) is 6.54 Å². The molecule has 2 aromatic rings. The minimum absolute atomic E-state index is 0.0854. The average molecular weight is 277 g/mol. The molecular weight excluding hydrogens is 258 g/mol. The van der Waals surface area contributed by atoms with Gasteiger partial charge in [-0.15, -0.1) is 0 Å². The predicted molar refractivity (Wildman–Crippen MR) is 76.4 cm³/mol. The molecule has 1 fully saturated rings. The van der Waals surface area contributed by atoms with Crippen LogP contribution in [0.4, 0.5) is 0 Å². The van der Waals surface area contributed by atoms with Gasteiger partial charge in [-0.2, -0.15) is 0 Å². The summed E-state index contributed by atoms with van der Waals surface area (Å²) < 4.78 is 12.4. The molecule has 1 aromatic heterocycles. The number of hydrogen-bond acceptors (Lipinski definition) is 4. The lowest BCUT2D eigenvalue weighted by Gasteiger charge is -2.26. The first-order chi connectivity index (χ1) is 9.79. The van der Waals surface area contributed by atoms with Crippen LogP contribution in [0.2, 0.25) is 0 Å². The molecule has 0 amide bonds. The van der Waals surface area contributed by atoms with E-state index >= 15 is 0 Å². The van der Waals surface area contributed by atoms with E-state index in [1.54, 1.807) is 11.7 Å². The number of nitrogens with zero attached hydrogens (tertiary/aromatic N) is 2. The van der Waals surface area contributed by atoms with Gasteiger partial charge in [0.15, 0.2) is 0 Å². The molecule has 1 N–H and O–H groups in total. The average Bonchev–Trinajstić information content (AvgIpc) is 2.81. The third-order valence-corrected chi connectivity index (χ3v) is 3.74.